The normalized spacial score (nSPS) is 11.7. The highest BCUT2D eigenvalue weighted by Crippen LogP contribution is 2.25. The number of amides is 1. The molecule has 0 radical (unpaired) electrons. The molecular weight excluding hydrogens is 327 g/mol. The first-order valence-electron chi connectivity index (χ1n) is 7.71. The van der Waals surface area contributed by atoms with Crippen molar-refractivity contribution in [3.8, 4) is 5.75 Å². The Balaban J connectivity index is 2.40. The van der Waals surface area contributed by atoms with Crippen LogP contribution in [0.4, 0.5) is 21.7 Å². The van der Waals surface area contributed by atoms with E-state index in [0.29, 0.717) is 24.4 Å². The molecule has 2 aromatic rings. The monoisotopic (exact) mass is 348 g/mol. The van der Waals surface area contributed by atoms with Crippen LogP contribution >= 0.6 is 0 Å². The largest absolute Gasteiger partial charge is 0.495 e. The molecule has 25 heavy (non-hydrogen) atoms. The number of ether oxygens (including phenoxy) is 1. The number of rotatable bonds is 8. The van der Waals surface area contributed by atoms with Crippen LogP contribution in [0.1, 0.15) is 23.7 Å². The number of pyridine rings is 2. The van der Waals surface area contributed by atoms with Gasteiger partial charge in [-0.1, -0.05) is 6.92 Å². The van der Waals surface area contributed by atoms with Gasteiger partial charge in [0.2, 0.25) is 0 Å². The average Bonchev–Trinajstić information content (AvgIpc) is 2.61. The summed E-state index contributed by atoms with van der Waals surface area (Å²) in [6, 6.07) is 2.55. The van der Waals surface area contributed by atoms with E-state index in [1.807, 2.05) is 6.92 Å². The molecule has 2 rings (SSSR count). The molecule has 0 spiro atoms. The number of nitrogens with two attached hydrogens (primary N) is 2. The second-order valence-electron chi connectivity index (χ2n) is 5.30. The molecule has 0 aromatic carbocycles. The number of hydrogen-bond donors (Lipinski definition) is 4. The predicted molar refractivity (Wildman–Crippen MR) is 93.5 cm³/mol. The summed E-state index contributed by atoms with van der Waals surface area (Å²) in [4.78, 5) is 19.8. The van der Waals surface area contributed by atoms with Crippen LogP contribution in [-0.4, -0.2) is 35.6 Å². The highest BCUT2D eigenvalue weighted by atomic mass is 19.1. The summed E-state index contributed by atoms with van der Waals surface area (Å²) in [5, 5.41) is 5.83. The van der Waals surface area contributed by atoms with E-state index >= 15 is 0 Å². The summed E-state index contributed by atoms with van der Waals surface area (Å²) in [5.41, 5.74) is 11.4. The molecule has 0 aliphatic heterocycles. The zero-order valence-electron chi connectivity index (χ0n) is 14.0. The van der Waals surface area contributed by atoms with Crippen LogP contribution in [0, 0.1) is 5.82 Å². The van der Waals surface area contributed by atoms with E-state index in [1.165, 1.54) is 19.5 Å². The smallest absolute Gasteiger partial charge is 0.252 e. The van der Waals surface area contributed by atoms with Crippen molar-refractivity contribution in [2.45, 2.75) is 19.4 Å². The van der Waals surface area contributed by atoms with Gasteiger partial charge in [0, 0.05) is 18.7 Å². The van der Waals surface area contributed by atoms with E-state index < -0.39 is 11.7 Å². The number of methoxy groups -OCH3 is 1. The first kappa shape index (κ1) is 18.4. The van der Waals surface area contributed by atoms with Crippen LogP contribution in [0.15, 0.2) is 24.5 Å². The second kappa shape index (κ2) is 8.25. The lowest BCUT2D eigenvalue weighted by Crippen LogP contribution is -2.29. The third-order valence-corrected chi connectivity index (χ3v) is 3.57. The van der Waals surface area contributed by atoms with Gasteiger partial charge in [-0.15, -0.1) is 0 Å². The van der Waals surface area contributed by atoms with Crippen molar-refractivity contribution >= 4 is 23.2 Å². The lowest BCUT2D eigenvalue weighted by molar-refractivity contribution is 0.100. The Hall–Kier alpha value is -2.94. The minimum atomic E-state index is -0.804. The standard InChI is InChI=1S/C16H21FN6O2/c1-3-9(6-18)21-16-13(17)5-12(14(19)24)15(23-16)22-10-4-11(25-2)8-20-7-10/h4-5,7-9H,3,6,18H2,1-2H3,(H2,19,24)(H2,21,22,23)/t9-/m1/s1. The van der Waals surface area contributed by atoms with E-state index in [9.17, 15) is 9.18 Å². The Morgan fingerprint density at radius 1 is 1.36 bits per heavy atom. The fourth-order valence-electron chi connectivity index (χ4n) is 2.13. The molecule has 9 heteroatoms. The minimum absolute atomic E-state index is 0.0133. The summed E-state index contributed by atoms with van der Waals surface area (Å²) >= 11 is 0. The number of hydrogen-bond acceptors (Lipinski definition) is 7. The lowest BCUT2D eigenvalue weighted by Gasteiger charge is -2.18. The van der Waals surface area contributed by atoms with Crippen LogP contribution < -0.4 is 26.8 Å². The minimum Gasteiger partial charge on any atom is -0.495 e. The van der Waals surface area contributed by atoms with Crippen LogP contribution in [0.25, 0.3) is 0 Å². The third kappa shape index (κ3) is 4.54. The first-order valence-corrected chi connectivity index (χ1v) is 7.71. The molecule has 0 saturated carbocycles. The van der Waals surface area contributed by atoms with Gasteiger partial charge in [0.05, 0.1) is 30.8 Å². The van der Waals surface area contributed by atoms with Gasteiger partial charge in [0.1, 0.15) is 11.6 Å². The molecule has 0 fully saturated rings. The summed E-state index contributed by atoms with van der Waals surface area (Å²) in [5.74, 6) is -0.878. The van der Waals surface area contributed by atoms with Gasteiger partial charge < -0.3 is 26.8 Å². The molecule has 0 unspecified atom stereocenters. The number of carbonyl (C=O) groups excluding carboxylic acids is 1. The number of nitrogens with zero attached hydrogens (tertiary/aromatic N) is 2. The molecule has 0 aliphatic carbocycles. The SMILES string of the molecule is CC[C@H](CN)Nc1nc(Nc2cncc(OC)c2)c(C(N)=O)cc1F. The van der Waals surface area contributed by atoms with Gasteiger partial charge in [-0.25, -0.2) is 9.37 Å². The van der Waals surface area contributed by atoms with E-state index in [-0.39, 0.29) is 23.2 Å². The quantitative estimate of drug-likeness (QED) is 0.570. The maximum absolute atomic E-state index is 14.2. The Morgan fingerprint density at radius 2 is 2.12 bits per heavy atom. The average molecular weight is 348 g/mol. The first-order chi connectivity index (χ1) is 12.0. The molecule has 0 bridgehead atoms. The van der Waals surface area contributed by atoms with Gasteiger partial charge in [-0.3, -0.25) is 9.78 Å². The fourth-order valence-corrected chi connectivity index (χ4v) is 2.13. The van der Waals surface area contributed by atoms with Crippen LogP contribution in [-0.2, 0) is 0 Å². The van der Waals surface area contributed by atoms with Crippen molar-refractivity contribution in [3.63, 3.8) is 0 Å². The van der Waals surface area contributed by atoms with Gasteiger partial charge in [-0.2, -0.15) is 0 Å². The van der Waals surface area contributed by atoms with Crippen molar-refractivity contribution in [1.29, 1.82) is 0 Å². The van der Waals surface area contributed by atoms with Crippen molar-refractivity contribution in [3.05, 3.63) is 35.9 Å². The number of nitrogens with one attached hydrogen (secondary N) is 2. The van der Waals surface area contributed by atoms with Crippen molar-refractivity contribution in [1.82, 2.24) is 9.97 Å². The number of halogens is 1. The molecule has 6 N–H and O–H groups in total. The molecule has 0 aliphatic rings. The fraction of sp³-hybridized carbons (Fsp3) is 0.312. The Bertz CT molecular complexity index is 751. The summed E-state index contributed by atoms with van der Waals surface area (Å²) in [6.07, 6.45) is 3.73. The molecule has 1 atom stereocenters. The second-order valence-corrected chi connectivity index (χ2v) is 5.30. The Morgan fingerprint density at radius 3 is 2.72 bits per heavy atom. The van der Waals surface area contributed by atoms with E-state index in [1.54, 1.807) is 6.07 Å². The third-order valence-electron chi connectivity index (χ3n) is 3.57. The predicted octanol–water partition coefficient (Wildman–Crippen LogP) is 1.62. The van der Waals surface area contributed by atoms with Gasteiger partial charge in [0.15, 0.2) is 11.6 Å². The van der Waals surface area contributed by atoms with E-state index in [4.69, 9.17) is 16.2 Å². The molecule has 134 valence electrons. The maximum atomic E-state index is 14.2. The lowest BCUT2D eigenvalue weighted by atomic mass is 10.2. The Kier molecular flexibility index (Phi) is 6.07. The summed E-state index contributed by atoms with van der Waals surface area (Å²) in [6.45, 7) is 2.24. The topological polar surface area (TPSA) is 128 Å². The molecule has 2 aromatic heterocycles. The van der Waals surface area contributed by atoms with Gasteiger partial charge >= 0.3 is 0 Å². The molecule has 8 nitrogen and oxygen atoms in total. The molecule has 1 amide bonds. The Labute approximate surface area is 144 Å². The maximum Gasteiger partial charge on any atom is 0.252 e. The zero-order chi connectivity index (χ0) is 18.4. The summed E-state index contributed by atoms with van der Waals surface area (Å²) in [7, 11) is 1.51. The number of carbonyl (C=O) groups is 1. The number of primary amides is 1. The molecular formula is C16H21FN6O2. The van der Waals surface area contributed by atoms with Crippen molar-refractivity contribution in [2.75, 3.05) is 24.3 Å². The highest BCUT2D eigenvalue weighted by Gasteiger charge is 2.18. The van der Waals surface area contributed by atoms with E-state index in [2.05, 4.69) is 20.6 Å². The van der Waals surface area contributed by atoms with Gasteiger partial charge in [-0.05, 0) is 12.5 Å². The number of anilines is 3. The van der Waals surface area contributed by atoms with Crippen molar-refractivity contribution in [2.24, 2.45) is 11.5 Å². The van der Waals surface area contributed by atoms with Crippen molar-refractivity contribution < 1.29 is 13.9 Å². The van der Waals surface area contributed by atoms with Gasteiger partial charge in [0.25, 0.3) is 5.91 Å². The molecule has 0 saturated heterocycles. The molecule has 2 heterocycles. The van der Waals surface area contributed by atoms with E-state index in [0.717, 1.165) is 6.07 Å². The zero-order valence-corrected chi connectivity index (χ0v) is 14.0. The highest BCUT2D eigenvalue weighted by molar-refractivity contribution is 5.98. The van der Waals surface area contributed by atoms with Crippen LogP contribution in [0.2, 0.25) is 0 Å². The van der Waals surface area contributed by atoms with Crippen LogP contribution in [0.3, 0.4) is 0 Å². The number of aromatic nitrogens is 2. The van der Waals surface area contributed by atoms with Crippen LogP contribution in [0.5, 0.6) is 5.75 Å². The summed E-state index contributed by atoms with van der Waals surface area (Å²) < 4.78 is 19.3.